The number of benzene rings is 1. The van der Waals surface area contributed by atoms with E-state index in [1.54, 1.807) is 6.07 Å². The molecule has 0 radical (unpaired) electrons. The Morgan fingerprint density at radius 1 is 1.43 bits per heavy atom. The molecule has 2 saturated heterocycles. The topological polar surface area (TPSA) is 38.7 Å². The van der Waals surface area contributed by atoms with Gasteiger partial charge >= 0.3 is 0 Å². The molecule has 3 nitrogen and oxygen atoms in total. The summed E-state index contributed by atoms with van der Waals surface area (Å²) >= 11 is 6.04. The fraction of sp³-hybridized carbons (Fsp3) is 0.625. The van der Waals surface area contributed by atoms with E-state index in [9.17, 15) is 9.50 Å². The number of rotatable bonds is 3. The van der Waals surface area contributed by atoms with Crippen molar-refractivity contribution in [1.29, 1.82) is 0 Å². The van der Waals surface area contributed by atoms with E-state index in [0.717, 1.165) is 31.4 Å². The lowest BCUT2D eigenvalue weighted by molar-refractivity contribution is -0.116. The van der Waals surface area contributed by atoms with Crippen LogP contribution in [-0.2, 0) is 15.9 Å². The highest BCUT2D eigenvalue weighted by Crippen LogP contribution is 2.38. The molecule has 3 rings (SSSR count). The van der Waals surface area contributed by atoms with Crippen molar-refractivity contribution in [2.45, 2.75) is 37.4 Å². The van der Waals surface area contributed by atoms with E-state index >= 15 is 0 Å². The third-order valence-corrected chi connectivity index (χ3v) is 4.94. The Kier molecular flexibility index (Phi) is 4.50. The van der Waals surface area contributed by atoms with Gasteiger partial charge in [-0.2, -0.15) is 0 Å². The van der Waals surface area contributed by atoms with E-state index in [1.807, 2.05) is 0 Å². The molecule has 0 bridgehead atoms. The molecule has 2 fully saturated rings. The minimum Gasteiger partial charge on any atom is -0.392 e. The van der Waals surface area contributed by atoms with Crippen LogP contribution in [0.1, 0.15) is 24.8 Å². The molecule has 5 heteroatoms. The summed E-state index contributed by atoms with van der Waals surface area (Å²) in [7, 11) is 0. The van der Waals surface area contributed by atoms with Gasteiger partial charge in [-0.05, 0) is 36.5 Å². The first-order valence-corrected chi connectivity index (χ1v) is 7.79. The number of hydrogen-bond donors (Lipinski definition) is 1. The lowest BCUT2D eigenvalue weighted by Crippen LogP contribution is -2.44. The normalized spacial score (nSPS) is 30.7. The molecule has 2 aliphatic heterocycles. The molecular formula is C16H20ClFO3. The van der Waals surface area contributed by atoms with Crippen LogP contribution in [-0.4, -0.2) is 36.6 Å². The molecule has 0 saturated carbocycles. The van der Waals surface area contributed by atoms with Gasteiger partial charge in [0.15, 0.2) is 0 Å². The number of halogens is 2. The van der Waals surface area contributed by atoms with Gasteiger partial charge < -0.3 is 14.6 Å². The standard InChI is InChI=1S/C16H20ClFO3/c17-14-8-13(18)2-1-11(14)7-15(19)12-3-5-21-16(9-12)4-6-20-10-16/h1-2,8,12,15,19H,3-7,9-10H2. The van der Waals surface area contributed by atoms with E-state index in [0.29, 0.717) is 24.7 Å². The first-order valence-electron chi connectivity index (χ1n) is 7.42. The van der Waals surface area contributed by atoms with Crippen LogP contribution in [0.4, 0.5) is 4.39 Å². The van der Waals surface area contributed by atoms with E-state index in [-0.39, 0.29) is 17.3 Å². The van der Waals surface area contributed by atoms with Crippen molar-refractivity contribution in [3.63, 3.8) is 0 Å². The first kappa shape index (κ1) is 15.2. The van der Waals surface area contributed by atoms with E-state index < -0.39 is 6.10 Å². The highest BCUT2D eigenvalue weighted by atomic mass is 35.5. The van der Waals surface area contributed by atoms with Crippen molar-refractivity contribution in [3.05, 3.63) is 34.6 Å². The molecule has 116 valence electrons. The molecule has 21 heavy (non-hydrogen) atoms. The van der Waals surface area contributed by atoms with E-state index in [1.165, 1.54) is 12.1 Å². The van der Waals surface area contributed by atoms with E-state index in [4.69, 9.17) is 21.1 Å². The van der Waals surface area contributed by atoms with Gasteiger partial charge in [0.25, 0.3) is 0 Å². The smallest absolute Gasteiger partial charge is 0.124 e. The zero-order valence-corrected chi connectivity index (χ0v) is 12.6. The van der Waals surface area contributed by atoms with Crippen LogP contribution >= 0.6 is 11.6 Å². The molecule has 0 aliphatic carbocycles. The third kappa shape index (κ3) is 3.39. The predicted molar refractivity (Wildman–Crippen MR) is 78.0 cm³/mol. The van der Waals surface area contributed by atoms with Crippen molar-refractivity contribution in [3.8, 4) is 0 Å². The zero-order chi connectivity index (χ0) is 14.9. The summed E-state index contributed by atoms with van der Waals surface area (Å²) in [6.07, 6.45) is 2.50. The number of aliphatic hydroxyl groups excluding tert-OH is 1. The summed E-state index contributed by atoms with van der Waals surface area (Å²) < 4.78 is 24.4. The quantitative estimate of drug-likeness (QED) is 0.932. The van der Waals surface area contributed by atoms with Gasteiger partial charge in [-0.1, -0.05) is 17.7 Å². The Hall–Kier alpha value is -0.680. The maximum absolute atomic E-state index is 13.1. The molecule has 2 heterocycles. The summed E-state index contributed by atoms with van der Waals surface area (Å²) in [5.74, 6) is -0.187. The number of ether oxygens (including phenoxy) is 2. The monoisotopic (exact) mass is 314 g/mol. The molecule has 1 N–H and O–H groups in total. The number of aliphatic hydroxyl groups is 1. The largest absolute Gasteiger partial charge is 0.392 e. The molecule has 1 spiro atoms. The van der Waals surface area contributed by atoms with Crippen LogP contribution in [0.3, 0.4) is 0 Å². The summed E-state index contributed by atoms with van der Waals surface area (Å²) in [6, 6.07) is 4.32. The predicted octanol–water partition coefficient (Wildman–Crippen LogP) is 2.97. The molecule has 3 unspecified atom stereocenters. The Morgan fingerprint density at radius 2 is 2.29 bits per heavy atom. The molecule has 0 amide bonds. The van der Waals surface area contributed by atoms with Crippen LogP contribution in [0.15, 0.2) is 18.2 Å². The Balaban J connectivity index is 1.65. The van der Waals surface area contributed by atoms with Crippen LogP contribution in [0, 0.1) is 11.7 Å². The van der Waals surface area contributed by atoms with Crippen LogP contribution < -0.4 is 0 Å². The lowest BCUT2D eigenvalue weighted by atomic mass is 9.80. The maximum atomic E-state index is 13.1. The lowest BCUT2D eigenvalue weighted by Gasteiger charge is -2.39. The average molecular weight is 315 g/mol. The zero-order valence-electron chi connectivity index (χ0n) is 11.9. The average Bonchev–Trinajstić information content (AvgIpc) is 2.90. The fourth-order valence-electron chi connectivity index (χ4n) is 3.34. The maximum Gasteiger partial charge on any atom is 0.124 e. The molecular weight excluding hydrogens is 295 g/mol. The second kappa shape index (κ2) is 6.21. The first-order chi connectivity index (χ1) is 10.1. The molecule has 1 aromatic carbocycles. The van der Waals surface area contributed by atoms with Crippen molar-refractivity contribution in [2.24, 2.45) is 5.92 Å². The van der Waals surface area contributed by atoms with Gasteiger partial charge in [-0.15, -0.1) is 0 Å². The van der Waals surface area contributed by atoms with Crippen molar-refractivity contribution >= 4 is 11.6 Å². The highest BCUT2D eigenvalue weighted by Gasteiger charge is 2.42. The Morgan fingerprint density at radius 3 is 3.00 bits per heavy atom. The van der Waals surface area contributed by atoms with Crippen molar-refractivity contribution in [2.75, 3.05) is 19.8 Å². The highest BCUT2D eigenvalue weighted by molar-refractivity contribution is 6.31. The van der Waals surface area contributed by atoms with Gasteiger partial charge in [0, 0.05) is 31.1 Å². The molecule has 0 aromatic heterocycles. The van der Waals surface area contributed by atoms with E-state index in [2.05, 4.69) is 0 Å². The van der Waals surface area contributed by atoms with Gasteiger partial charge in [0.2, 0.25) is 0 Å². The SMILES string of the molecule is OC(Cc1ccc(F)cc1Cl)C1CCOC2(CCOC2)C1. The van der Waals surface area contributed by atoms with Gasteiger partial charge in [0.05, 0.1) is 18.3 Å². The molecule has 3 atom stereocenters. The van der Waals surface area contributed by atoms with Gasteiger partial charge in [-0.25, -0.2) is 4.39 Å². The van der Waals surface area contributed by atoms with Gasteiger partial charge in [0.1, 0.15) is 5.82 Å². The summed E-state index contributed by atoms with van der Waals surface area (Å²) in [5, 5.41) is 10.9. The second-order valence-corrected chi connectivity index (χ2v) is 6.50. The summed E-state index contributed by atoms with van der Waals surface area (Å²) in [6.45, 7) is 2.00. The summed E-state index contributed by atoms with van der Waals surface area (Å²) in [5.41, 5.74) is 0.574. The van der Waals surface area contributed by atoms with Gasteiger partial charge in [-0.3, -0.25) is 0 Å². The minimum atomic E-state index is -0.491. The second-order valence-electron chi connectivity index (χ2n) is 6.09. The van der Waals surface area contributed by atoms with Crippen LogP contribution in [0.2, 0.25) is 5.02 Å². The Bertz CT molecular complexity index is 502. The Labute approximate surface area is 129 Å². The molecule has 2 aliphatic rings. The summed E-state index contributed by atoms with van der Waals surface area (Å²) in [4.78, 5) is 0. The molecule has 1 aromatic rings. The third-order valence-electron chi connectivity index (χ3n) is 4.59. The van der Waals surface area contributed by atoms with Crippen molar-refractivity contribution < 1.29 is 19.0 Å². The van der Waals surface area contributed by atoms with Crippen molar-refractivity contribution in [1.82, 2.24) is 0 Å². The fourth-order valence-corrected chi connectivity index (χ4v) is 3.58. The number of hydrogen-bond acceptors (Lipinski definition) is 3. The minimum absolute atomic E-state index is 0.168. The van der Waals surface area contributed by atoms with Crippen LogP contribution in [0.5, 0.6) is 0 Å². The van der Waals surface area contributed by atoms with Crippen LogP contribution in [0.25, 0.3) is 0 Å².